The molecule has 0 radical (unpaired) electrons. The van der Waals surface area contributed by atoms with Crippen LogP contribution in [0.4, 0.5) is 10.6 Å². The van der Waals surface area contributed by atoms with Crippen LogP contribution in [0.25, 0.3) is 0 Å². The van der Waals surface area contributed by atoms with E-state index in [9.17, 15) is 9.59 Å². The predicted octanol–water partition coefficient (Wildman–Crippen LogP) is 2.50. The molecule has 1 saturated heterocycles. The third-order valence-corrected chi connectivity index (χ3v) is 4.76. The molecular weight excluding hydrogens is 368 g/mol. The Morgan fingerprint density at radius 1 is 1.28 bits per heavy atom. The summed E-state index contributed by atoms with van der Waals surface area (Å²) in [5.74, 6) is 0.478. The molecule has 2 heterocycles. The highest BCUT2D eigenvalue weighted by molar-refractivity contribution is 5.88. The monoisotopic (exact) mass is 398 g/mol. The van der Waals surface area contributed by atoms with Crippen LogP contribution in [0.2, 0.25) is 0 Å². The molecule has 1 aromatic carbocycles. The number of hydrogen-bond donors (Lipinski definition) is 4. The molecule has 0 spiro atoms. The second kappa shape index (κ2) is 8.65. The van der Waals surface area contributed by atoms with Crippen LogP contribution in [-0.4, -0.2) is 34.3 Å². The predicted molar refractivity (Wildman–Crippen MR) is 112 cm³/mol. The topological polar surface area (TPSA) is 100 Å². The van der Waals surface area contributed by atoms with Crippen molar-refractivity contribution < 1.29 is 9.59 Å². The van der Waals surface area contributed by atoms with Crippen molar-refractivity contribution in [3.05, 3.63) is 47.7 Å². The number of hydrogen-bond acceptors (Lipinski definition) is 4. The Labute approximate surface area is 171 Å². The highest BCUT2D eigenvalue weighted by atomic mass is 16.2. The van der Waals surface area contributed by atoms with E-state index in [-0.39, 0.29) is 23.4 Å². The summed E-state index contributed by atoms with van der Waals surface area (Å²) in [7, 11) is 0. The van der Waals surface area contributed by atoms with E-state index in [4.69, 9.17) is 0 Å². The largest absolute Gasteiger partial charge is 0.337 e. The zero-order valence-corrected chi connectivity index (χ0v) is 17.5. The molecule has 156 valence electrons. The summed E-state index contributed by atoms with van der Waals surface area (Å²) in [5, 5.41) is 16.6. The van der Waals surface area contributed by atoms with Crippen molar-refractivity contribution in [1.29, 1.82) is 0 Å². The molecule has 3 rings (SSSR count). The summed E-state index contributed by atoms with van der Waals surface area (Å²) in [6.07, 6.45) is 0.646. The first-order chi connectivity index (χ1) is 13.7. The van der Waals surface area contributed by atoms with Gasteiger partial charge in [-0.1, -0.05) is 51.1 Å². The van der Waals surface area contributed by atoms with Gasteiger partial charge in [-0.3, -0.25) is 15.4 Å². The van der Waals surface area contributed by atoms with E-state index >= 15 is 0 Å². The number of nitrogens with one attached hydrogen (secondary N) is 4. The Morgan fingerprint density at radius 3 is 2.66 bits per heavy atom. The Balaban J connectivity index is 1.70. The van der Waals surface area contributed by atoms with Gasteiger partial charge in [0.1, 0.15) is 5.82 Å². The van der Waals surface area contributed by atoms with Gasteiger partial charge in [0.2, 0.25) is 5.91 Å². The molecule has 1 fully saturated rings. The zero-order chi connectivity index (χ0) is 21.0. The molecule has 3 amide bonds. The third-order valence-electron chi connectivity index (χ3n) is 4.76. The molecule has 29 heavy (non-hydrogen) atoms. The zero-order valence-electron chi connectivity index (χ0n) is 17.5. The summed E-state index contributed by atoms with van der Waals surface area (Å²) in [6.45, 7) is 8.63. The third kappa shape index (κ3) is 5.57. The smallest absolute Gasteiger partial charge is 0.320 e. The fraction of sp³-hybridized carbons (Fsp3) is 0.476. The molecular formula is C21H30N6O2. The number of amides is 3. The van der Waals surface area contributed by atoms with Gasteiger partial charge >= 0.3 is 6.03 Å². The standard InChI is InChI=1S/C21H30N6O2/c1-14-12-18(28)25-19(23-14)27-17(13-16(26-27)21(2,3)4)24-20(29)22-11-10-15-8-6-5-7-9-15/h5-9,13-14,19,23H,10-12H2,1-4H3,(H,25,28)(H2,22,24,29). The van der Waals surface area contributed by atoms with Crippen molar-refractivity contribution in [2.75, 3.05) is 11.9 Å². The highest BCUT2D eigenvalue weighted by Crippen LogP contribution is 2.26. The first-order valence-electron chi connectivity index (χ1n) is 9.96. The Hall–Kier alpha value is -2.87. The lowest BCUT2D eigenvalue weighted by atomic mass is 9.92. The molecule has 8 nitrogen and oxygen atoms in total. The average molecular weight is 399 g/mol. The highest BCUT2D eigenvalue weighted by Gasteiger charge is 2.29. The number of nitrogens with zero attached hydrogens (tertiary/aromatic N) is 2. The van der Waals surface area contributed by atoms with Gasteiger partial charge < -0.3 is 10.6 Å². The van der Waals surface area contributed by atoms with Crippen LogP contribution in [0.3, 0.4) is 0 Å². The van der Waals surface area contributed by atoms with Gasteiger partial charge in [0.25, 0.3) is 0 Å². The van der Waals surface area contributed by atoms with Crippen molar-refractivity contribution in [3.8, 4) is 0 Å². The second-order valence-electron chi connectivity index (χ2n) is 8.47. The molecule has 1 aliphatic heterocycles. The summed E-state index contributed by atoms with van der Waals surface area (Å²) in [5.41, 5.74) is 1.79. The van der Waals surface area contributed by atoms with E-state index in [1.807, 2.05) is 43.3 Å². The fourth-order valence-electron chi connectivity index (χ4n) is 3.17. The summed E-state index contributed by atoms with van der Waals surface area (Å²) in [6, 6.07) is 11.6. The van der Waals surface area contributed by atoms with Crippen molar-refractivity contribution in [2.24, 2.45) is 0 Å². The van der Waals surface area contributed by atoms with Crippen LogP contribution in [-0.2, 0) is 16.6 Å². The molecule has 8 heteroatoms. The van der Waals surface area contributed by atoms with Gasteiger partial charge in [-0.05, 0) is 18.9 Å². The van der Waals surface area contributed by atoms with E-state index < -0.39 is 6.29 Å². The van der Waals surface area contributed by atoms with Gasteiger partial charge in [-0.2, -0.15) is 5.10 Å². The SMILES string of the molecule is CC1CC(=O)NC(n2nc(C(C)(C)C)cc2NC(=O)NCCc2ccccc2)N1. The minimum atomic E-state index is -0.512. The van der Waals surface area contributed by atoms with E-state index in [2.05, 4.69) is 47.1 Å². The Bertz CT molecular complexity index is 856. The lowest BCUT2D eigenvalue weighted by molar-refractivity contribution is -0.125. The number of urea groups is 1. The average Bonchev–Trinajstić information content (AvgIpc) is 3.06. The molecule has 1 aliphatic rings. The Morgan fingerprint density at radius 2 is 2.00 bits per heavy atom. The van der Waals surface area contributed by atoms with Crippen molar-refractivity contribution in [3.63, 3.8) is 0 Å². The van der Waals surface area contributed by atoms with E-state index in [0.29, 0.717) is 18.8 Å². The molecule has 0 bridgehead atoms. The van der Waals surface area contributed by atoms with Gasteiger partial charge in [-0.15, -0.1) is 0 Å². The number of carbonyl (C=O) groups excluding carboxylic acids is 2. The first-order valence-corrected chi connectivity index (χ1v) is 9.96. The number of benzene rings is 1. The molecule has 4 N–H and O–H groups in total. The van der Waals surface area contributed by atoms with Crippen LogP contribution >= 0.6 is 0 Å². The van der Waals surface area contributed by atoms with E-state index in [1.165, 1.54) is 0 Å². The summed E-state index contributed by atoms with van der Waals surface area (Å²) >= 11 is 0. The summed E-state index contributed by atoms with van der Waals surface area (Å²) < 4.78 is 1.63. The van der Waals surface area contributed by atoms with E-state index in [0.717, 1.165) is 17.7 Å². The van der Waals surface area contributed by atoms with Crippen LogP contribution in [0, 0.1) is 0 Å². The number of carbonyl (C=O) groups is 2. The number of anilines is 1. The molecule has 0 saturated carbocycles. The minimum Gasteiger partial charge on any atom is -0.337 e. The number of rotatable bonds is 5. The number of aromatic nitrogens is 2. The van der Waals surface area contributed by atoms with Crippen molar-refractivity contribution >= 4 is 17.8 Å². The van der Waals surface area contributed by atoms with Crippen LogP contribution in [0.5, 0.6) is 0 Å². The van der Waals surface area contributed by atoms with Crippen molar-refractivity contribution in [1.82, 2.24) is 25.7 Å². The fourth-order valence-corrected chi connectivity index (χ4v) is 3.17. The maximum atomic E-state index is 12.5. The summed E-state index contributed by atoms with van der Waals surface area (Å²) in [4.78, 5) is 24.4. The lowest BCUT2D eigenvalue weighted by Gasteiger charge is -2.30. The minimum absolute atomic E-state index is 0.0172. The van der Waals surface area contributed by atoms with Crippen LogP contribution in [0.1, 0.15) is 51.7 Å². The quantitative estimate of drug-likeness (QED) is 0.622. The maximum absolute atomic E-state index is 12.5. The molecule has 0 aliphatic carbocycles. The second-order valence-corrected chi connectivity index (χ2v) is 8.47. The van der Waals surface area contributed by atoms with Gasteiger partial charge in [0.15, 0.2) is 6.29 Å². The van der Waals surface area contributed by atoms with Gasteiger partial charge in [0.05, 0.1) is 5.69 Å². The lowest BCUT2D eigenvalue weighted by Crippen LogP contribution is -2.52. The molecule has 2 unspecified atom stereocenters. The Kier molecular flexibility index (Phi) is 6.22. The van der Waals surface area contributed by atoms with Gasteiger partial charge in [0, 0.05) is 30.5 Å². The van der Waals surface area contributed by atoms with Crippen molar-refractivity contribution in [2.45, 2.75) is 58.3 Å². The normalized spacial score (nSPS) is 19.5. The van der Waals surface area contributed by atoms with Crippen LogP contribution in [0.15, 0.2) is 36.4 Å². The first kappa shape index (κ1) is 20.9. The molecule has 2 aromatic rings. The maximum Gasteiger partial charge on any atom is 0.320 e. The van der Waals surface area contributed by atoms with E-state index in [1.54, 1.807) is 4.68 Å². The van der Waals surface area contributed by atoms with Crippen LogP contribution < -0.4 is 21.3 Å². The molecule has 1 aromatic heterocycles. The molecule has 2 atom stereocenters. The van der Waals surface area contributed by atoms with Gasteiger partial charge in [-0.25, -0.2) is 9.48 Å².